The van der Waals surface area contributed by atoms with Gasteiger partial charge in [0.15, 0.2) is 0 Å². The van der Waals surface area contributed by atoms with E-state index < -0.39 is 0 Å². The topological polar surface area (TPSA) is 68.9 Å². The van der Waals surface area contributed by atoms with Gasteiger partial charge in [-0.2, -0.15) is 0 Å². The third-order valence-electron chi connectivity index (χ3n) is 5.73. The van der Waals surface area contributed by atoms with Crippen LogP contribution in [-0.2, 0) is 16.0 Å². The number of aromatic amines is 1. The van der Waals surface area contributed by atoms with Crippen molar-refractivity contribution >= 4 is 17.4 Å². The van der Waals surface area contributed by atoms with E-state index in [9.17, 15) is 9.59 Å². The number of nitrogens with zero attached hydrogens (tertiary/aromatic N) is 3. The van der Waals surface area contributed by atoms with E-state index in [2.05, 4.69) is 26.9 Å². The zero-order chi connectivity index (χ0) is 20.2. The number of aromatic nitrogens is 1. The van der Waals surface area contributed by atoms with Gasteiger partial charge in [-0.15, -0.1) is 0 Å². The van der Waals surface area contributed by atoms with Crippen LogP contribution in [0.2, 0.25) is 0 Å². The number of benzene rings is 1. The van der Waals surface area contributed by atoms with Gasteiger partial charge in [-0.3, -0.25) is 9.59 Å². The highest BCUT2D eigenvalue weighted by atomic mass is 16.5. The van der Waals surface area contributed by atoms with Gasteiger partial charge >= 0.3 is 0 Å². The van der Waals surface area contributed by atoms with Crippen molar-refractivity contribution < 1.29 is 9.53 Å². The van der Waals surface area contributed by atoms with Crippen molar-refractivity contribution in [1.82, 2.24) is 9.88 Å². The van der Waals surface area contributed by atoms with E-state index in [0.717, 1.165) is 31.0 Å². The summed E-state index contributed by atoms with van der Waals surface area (Å²) in [6.45, 7) is 4.10. The first-order valence-electron chi connectivity index (χ1n) is 10.2. The van der Waals surface area contributed by atoms with Crippen LogP contribution in [0, 0.1) is 0 Å². The number of nitrogens with one attached hydrogen (secondary N) is 1. The molecule has 1 N–H and O–H groups in total. The third-order valence-corrected chi connectivity index (χ3v) is 5.73. The second-order valence-corrected chi connectivity index (χ2v) is 7.75. The summed E-state index contributed by atoms with van der Waals surface area (Å²) < 4.78 is 5.44. The third kappa shape index (κ3) is 4.62. The molecular weight excluding hydrogens is 368 g/mol. The zero-order valence-electron chi connectivity index (χ0n) is 16.8. The van der Waals surface area contributed by atoms with Crippen molar-refractivity contribution in [2.75, 3.05) is 56.2 Å². The minimum atomic E-state index is -0.119. The fourth-order valence-corrected chi connectivity index (χ4v) is 4.16. The van der Waals surface area contributed by atoms with Crippen LogP contribution in [-0.4, -0.2) is 68.3 Å². The summed E-state index contributed by atoms with van der Waals surface area (Å²) in [6, 6.07) is 14.1. The van der Waals surface area contributed by atoms with Crippen LogP contribution in [0.5, 0.6) is 0 Å². The molecule has 7 nitrogen and oxygen atoms in total. The smallest absolute Gasteiger partial charge is 0.251 e. The molecule has 1 aromatic heterocycles. The molecule has 1 amide bonds. The summed E-state index contributed by atoms with van der Waals surface area (Å²) in [7, 11) is 1.86. The first-order chi connectivity index (χ1) is 14.1. The lowest BCUT2D eigenvalue weighted by Gasteiger charge is -2.34. The largest absolute Gasteiger partial charge is 0.378 e. The second-order valence-electron chi connectivity index (χ2n) is 7.75. The molecule has 0 aliphatic carbocycles. The molecular formula is C22H28N4O3. The fraction of sp³-hybridized carbons (Fsp3) is 0.455. The molecule has 7 heteroatoms. The van der Waals surface area contributed by atoms with E-state index in [4.69, 9.17) is 4.74 Å². The average Bonchev–Trinajstić information content (AvgIpc) is 2.87. The van der Waals surface area contributed by atoms with Crippen LogP contribution >= 0.6 is 0 Å². The average molecular weight is 396 g/mol. The number of pyridine rings is 1. The first-order valence-corrected chi connectivity index (χ1v) is 10.2. The molecule has 2 aliphatic rings. The van der Waals surface area contributed by atoms with E-state index in [1.807, 2.05) is 31.3 Å². The Labute approximate surface area is 170 Å². The first kappa shape index (κ1) is 19.5. The molecule has 2 aliphatic heterocycles. The minimum absolute atomic E-state index is 0.0874. The van der Waals surface area contributed by atoms with Crippen LogP contribution in [0.1, 0.15) is 12.0 Å². The lowest BCUT2D eigenvalue weighted by molar-refractivity contribution is -0.129. The Morgan fingerprint density at radius 1 is 1.07 bits per heavy atom. The van der Waals surface area contributed by atoms with Gasteiger partial charge < -0.3 is 24.4 Å². The zero-order valence-corrected chi connectivity index (χ0v) is 16.8. The number of hydrogen-bond donors (Lipinski definition) is 1. The van der Waals surface area contributed by atoms with Crippen LogP contribution in [0.4, 0.5) is 11.5 Å². The summed E-state index contributed by atoms with van der Waals surface area (Å²) >= 11 is 0. The number of carbonyl (C=O) groups is 1. The van der Waals surface area contributed by atoms with Gasteiger partial charge in [0, 0.05) is 57.5 Å². The molecule has 2 fully saturated rings. The molecule has 0 bridgehead atoms. The van der Waals surface area contributed by atoms with E-state index in [-0.39, 0.29) is 17.5 Å². The fourth-order valence-electron chi connectivity index (χ4n) is 4.16. The van der Waals surface area contributed by atoms with Crippen molar-refractivity contribution in [3.63, 3.8) is 0 Å². The predicted octanol–water partition coefficient (Wildman–Crippen LogP) is 1.49. The number of amides is 1. The van der Waals surface area contributed by atoms with E-state index in [1.165, 1.54) is 5.56 Å². The van der Waals surface area contributed by atoms with Gasteiger partial charge in [-0.05, 0) is 12.0 Å². The number of hydrogen-bond acceptors (Lipinski definition) is 5. The summed E-state index contributed by atoms with van der Waals surface area (Å²) in [5, 5.41) is 0. The Bertz CT molecular complexity index is 892. The van der Waals surface area contributed by atoms with Gasteiger partial charge in [0.05, 0.1) is 19.3 Å². The highest BCUT2D eigenvalue weighted by Gasteiger charge is 2.28. The van der Waals surface area contributed by atoms with Crippen LogP contribution in [0.3, 0.4) is 0 Å². The number of ether oxygens (including phenoxy) is 1. The number of H-pyrrole nitrogens is 1. The van der Waals surface area contributed by atoms with Gasteiger partial charge in [0.2, 0.25) is 5.91 Å². The van der Waals surface area contributed by atoms with Crippen molar-refractivity contribution in [3.8, 4) is 0 Å². The van der Waals surface area contributed by atoms with Crippen molar-refractivity contribution in [3.05, 3.63) is 58.4 Å². The molecule has 2 saturated heterocycles. The second kappa shape index (κ2) is 8.69. The summed E-state index contributed by atoms with van der Waals surface area (Å²) in [5.74, 6) is 0.917. The quantitative estimate of drug-likeness (QED) is 0.848. The van der Waals surface area contributed by atoms with Gasteiger partial charge in [0.1, 0.15) is 5.82 Å². The normalized spacial score (nSPS) is 20.7. The van der Waals surface area contributed by atoms with Gasteiger partial charge in [-0.25, -0.2) is 0 Å². The predicted molar refractivity (Wildman–Crippen MR) is 114 cm³/mol. The monoisotopic (exact) mass is 396 g/mol. The highest BCUT2D eigenvalue weighted by Crippen LogP contribution is 2.24. The summed E-state index contributed by atoms with van der Waals surface area (Å²) in [6.07, 6.45) is 1.24. The van der Waals surface area contributed by atoms with Gasteiger partial charge in [0.25, 0.3) is 5.56 Å². The van der Waals surface area contributed by atoms with Crippen molar-refractivity contribution in [2.24, 2.45) is 0 Å². The molecule has 1 aromatic carbocycles. The van der Waals surface area contributed by atoms with E-state index >= 15 is 0 Å². The Kier molecular flexibility index (Phi) is 5.85. The van der Waals surface area contributed by atoms with Crippen LogP contribution < -0.4 is 15.4 Å². The maximum atomic E-state index is 12.5. The Morgan fingerprint density at radius 3 is 2.59 bits per heavy atom. The Morgan fingerprint density at radius 2 is 1.83 bits per heavy atom. The molecule has 0 saturated carbocycles. The number of rotatable bonds is 4. The lowest BCUT2D eigenvalue weighted by Crippen LogP contribution is -2.43. The number of morpholine rings is 1. The minimum Gasteiger partial charge on any atom is -0.378 e. The molecule has 4 rings (SSSR count). The molecule has 29 heavy (non-hydrogen) atoms. The number of carbonyl (C=O) groups excluding carboxylic acids is 1. The molecule has 0 radical (unpaired) electrons. The maximum Gasteiger partial charge on any atom is 0.251 e. The summed E-state index contributed by atoms with van der Waals surface area (Å²) in [4.78, 5) is 34.0. The highest BCUT2D eigenvalue weighted by molar-refractivity contribution is 5.77. The molecule has 2 aromatic rings. The molecule has 0 spiro atoms. The van der Waals surface area contributed by atoms with E-state index in [0.29, 0.717) is 32.7 Å². The SMILES string of the molecule is CN1C[C@@H](Cc2ccccc2)N(c2cc(N3CCOCC3)cc(=O)[nH]2)CCC1=O. The number of likely N-dealkylation sites (N-methyl/N-ethyl adjacent to an activating group) is 1. The summed E-state index contributed by atoms with van der Waals surface area (Å²) in [5.41, 5.74) is 2.01. The number of anilines is 2. The maximum absolute atomic E-state index is 12.5. The van der Waals surface area contributed by atoms with Crippen LogP contribution in [0.15, 0.2) is 47.3 Å². The molecule has 3 heterocycles. The van der Waals surface area contributed by atoms with Crippen molar-refractivity contribution in [2.45, 2.75) is 18.9 Å². The van der Waals surface area contributed by atoms with E-state index in [1.54, 1.807) is 11.0 Å². The van der Waals surface area contributed by atoms with Gasteiger partial charge in [-0.1, -0.05) is 30.3 Å². The lowest BCUT2D eigenvalue weighted by atomic mass is 10.0. The van der Waals surface area contributed by atoms with Crippen LogP contribution in [0.25, 0.3) is 0 Å². The molecule has 1 atom stereocenters. The molecule has 154 valence electrons. The standard InChI is InChI=1S/C22H28N4O3/c1-24-16-19(13-17-5-3-2-4-6-17)26(8-7-22(24)28)20-14-18(15-21(27)23-20)25-9-11-29-12-10-25/h2-6,14-15,19H,7-13,16H2,1H3,(H,23,27)/t19-/m1/s1. The Balaban J connectivity index is 1.66. The Hall–Kier alpha value is -2.80. The van der Waals surface area contributed by atoms with Crippen molar-refractivity contribution in [1.29, 1.82) is 0 Å². The molecule has 0 unspecified atom stereocenters.